The topological polar surface area (TPSA) is 39.2 Å². The first-order valence-corrected chi connectivity index (χ1v) is 7.53. The Balaban J connectivity index is 2.59. The Morgan fingerprint density at radius 3 is 2.50 bits per heavy atom. The number of halogens is 2. The third kappa shape index (κ3) is 2.94. The summed E-state index contributed by atoms with van der Waals surface area (Å²) in [5.41, 5.74) is 2.86. The second-order valence-corrected chi connectivity index (χ2v) is 6.24. The van der Waals surface area contributed by atoms with E-state index in [9.17, 15) is 4.79 Å². The zero-order chi connectivity index (χ0) is 14.9. The van der Waals surface area contributed by atoms with Crippen LogP contribution in [-0.2, 0) is 0 Å². The highest BCUT2D eigenvalue weighted by atomic mass is 79.9. The predicted molar refractivity (Wildman–Crippen MR) is 85.5 cm³/mol. The van der Waals surface area contributed by atoms with E-state index >= 15 is 0 Å². The van der Waals surface area contributed by atoms with Gasteiger partial charge in [0.2, 0.25) is 5.78 Å². The molecule has 0 aliphatic heterocycles. The molecule has 0 N–H and O–H groups in total. The van der Waals surface area contributed by atoms with Crippen molar-refractivity contribution >= 4 is 37.6 Å². The first kappa shape index (κ1) is 15.2. The average Bonchev–Trinajstić information content (AvgIpc) is 2.37. The maximum absolute atomic E-state index is 12.7. The number of hydrogen-bond donors (Lipinski definition) is 0. The highest BCUT2D eigenvalue weighted by Crippen LogP contribution is 2.29. The molecule has 0 saturated carbocycles. The fourth-order valence-electron chi connectivity index (χ4n) is 2.08. The number of methoxy groups -OCH3 is 1. The molecule has 0 unspecified atom stereocenters. The molecule has 2 rings (SSSR count). The number of rotatable bonds is 3. The van der Waals surface area contributed by atoms with Crippen LogP contribution >= 0.6 is 31.9 Å². The third-order valence-corrected chi connectivity index (χ3v) is 3.95. The molecule has 20 heavy (non-hydrogen) atoms. The van der Waals surface area contributed by atoms with Gasteiger partial charge < -0.3 is 4.74 Å². The number of aromatic nitrogens is 1. The predicted octanol–water partition coefficient (Wildman–Crippen LogP) is 4.46. The molecule has 0 radical (unpaired) electrons. The molecule has 0 atom stereocenters. The molecule has 0 amide bonds. The Morgan fingerprint density at radius 1 is 1.20 bits per heavy atom. The Bertz CT molecular complexity index is 684. The van der Waals surface area contributed by atoms with Gasteiger partial charge in [0.25, 0.3) is 0 Å². The van der Waals surface area contributed by atoms with Crippen molar-refractivity contribution < 1.29 is 9.53 Å². The average molecular weight is 399 g/mol. The first-order valence-electron chi connectivity index (χ1n) is 5.95. The van der Waals surface area contributed by atoms with E-state index in [1.807, 2.05) is 26.0 Å². The Morgan fingerprint density at radius 2 is 1.90 bits per heavy atom. The van der Waals surface area contributed by atoms with Crippen LogP contribution in [-0.4, -0.2) is 17.9 Å². The molecule has 104 valence electrons. The van der Waals surface area contributed by atoms with Crippen LogP contribution in [0, 0.1) is 13.8 Å². The Labute approximate surface area is 134 Å². The summed E-state index contributed by atoms with van der Waals surface area (Å²) in [6.45, 7) is 3.87. The van der Waals surface area contributed by atoms with Crippen molar-refractivity contribution in [1.82, 2.24) is 4.98 Å². The van der Waals surface area contributed by atoms with E-state index in [1.165, 1.54) is 0 Å². The van der Waals surface area contributed by atoms with Crippen molar-refractivity contribution in [3.05, 3.63) is 55.7 Å². The monoisotopic (exact) mass is 397 g/mol. The van der Waals surface area contributed by atoms with Crippen LogP contribution in [0.4, 0.5) is 0 Å². The zero-order valence-electron chi connectivity index (χ0n) is 11.3. The number of ketones is 1. The maximum atomic E-state index is 12.7. The molecule has 1 heterocycles. The first-order chi connectivity index (χ1) is 9.43. The molecule has 0 aliphatic rings. The summed E-state index contributed by atoms with van der Waals surface area (Å²) in [4.78, 5) is 16.9. The number of hydrogen-bond acceptors (Lipinski definition) is 3. The summed E-state index contributed by atoms with van der Waals surface area (Å²) in [5.74, 6) is 0.419. The zero-order valence-corrected chi connectivity index (χ0v) is 14.5. The van der Waals surface area contributed by atoms with E-state index < -0.39 is 0 Å². The fourth-order valence-corrected chi connectivity index (χ4v) is 3.25. The molecule has 0 bridgehead atoms. The lowest BCUT2D eigenvalue weighted by molar-refractivity contribution is 0.103. The van der Waals surface area contributed by atoms with Gasteiger partial charge in [0.1, 0.15) is 11.4 Å². The largest absolute Gasteiger partial charge is 0.496 e. The lowest BCUT2D eigenvalue weighted by Crippen LogP contribution is -2.09. The normalized spacial score (nSPS) is 10.4. The summed E-state index contributed by atoms with van der Waals surface area (Å²) < 4.78 is 6.81. The fraction of sp³-hybridized carbons (Fsp3) is 0.200. The van der Waals surface area contributed by atoms with Crippen molar-refractivity contribution in [2.45, 2.75) is 13.8 Å². The smallest absolute Gasteiger partial charge is 0.216 e. The number of nitrogens with zero attached hydrogens (tertiary/aromatic N) is 1. The second kappa shape index (κ2) is 6.06. The van der Waals surface area contributed by atoms with E-state index in [1.54, 1.807) is 19.4 Å². The van der Waals surface area contributed by atoms with Crippen molar-refractivity contribution in [2.24, 2.45) is 0 Å². The summed E-state index contributed by atoms with van der Waals surface area (Å²) >= 11 is 6.70. The standard InChI is InChI=1S/C15H13Br2NO2/c1-8-4-9(2)13(12(5-8)20-3)15(19)14-11(17)6-10(16)7-18-14/h4-7H,1-3H3. The van der Waals surface area contributed by atoms with Crippen LogP contribution in [0.1, 0.15) is 27.2 Å². The van der Waals surface area contributed by atoms with Gasteiger partial charge in [0.15, 0.2) is 0 Å². The number of aryl methyl sites for hydroxylation is 2. The molecule has 2 aromatic rings. The molecule has 0 spiro atoms. The minimum atomic E-state index is -0.154. The van der Waals surface area contributed by atoms with Crippen LogP contribution in [0.3, 0.4) is 0 Å². The molecule has 3 nitrogen and oxygen atoms in total. The van der Waals surface area contributed by atoms with Crippen LogP contribution < -0.4 is 4.74 Å². The van der Waals surface area contributed by atoms with Gasteiger partial charge in [-0.25, -0.2) is 0 Å². The summed E-state index contributed by atoms with van der Waals surface area (Å²) in [6, 6.07) is 5.62. The van der Waals surface area contributed by atoms with Gasteiger partial charge in [-0.2, -0.15) is 0 Å². The molecular formula is C15H13Br2NO2. The SMILES string of the molecule is COc1cc(C)cc(C)c1C(=O)c1ncc(Br)cc1Br. The Kier molecular flexibility index (Phi) is 4.60. The molecule has 0 fully saturated rings. The second-order valence-electron chi connectivity index (χ2n) is 4.47. The van der Waals surface area contributed by atoms with Crippen LogP contribution in [0.2, 0.25) is 0 Å². The number of carbonyl (C=O) groups is 1. The van der Waals surface area contributed by atoms with E-state index in [0.29, 0.717) is 21.5 Å². The molecule has 5 heteroatoms. The van der Waals surface area contributed by atoms with Gasteiger partial charge in [-0.05, 0) is 69.0 Å². The molecular weight excluding hydrogens is 386 g/mol. The van der Waals surface area contributed by atoms with E-state index in [-0.39, 0.29) is 5.78 Å². The quantitative estimate of drug-likeness (QED) is 0.716. The molecule has 1 aromatic carbocycles. The van der Waals surface area contributed by atoms with E-state index in [2.05, 4.69) is 36.8 Å². The number of pyridine rings is 1. The number of ether oxygens (including phenoxy) is 1. The maximum Gasteiger partial charge on any atom is 0.216 e. The van der Waals surface area contributed by atoms with Gasteiger partial charge in [-0.15, -0.1) is 0 Å². The van der Waals surface area contributed by atoms with Gasteiger partial charge in [0, 0.05) is 15.1 Å². The van der Waals surface area contributed by atoms with E-state index in [4.69, 9.17) is 4.74 Å². The lowest BCUT2D eigenvalue weighted by atomic mass is 9.99. The van der Waals surface area contributed by atoms with Crippen molar-refractivity contribution in [3.63, 3.8) is 0 Å². The molecule has 0 saturated heterocycles. The lowest BCUT2D eigenvalue weighted by Gasteiger charge is -2.12. The van der Waals surface area contributed by atoms with E-state index in [0.717, 1.165) is 15.6 Å². The minimum absolute atomic E-state index is 0.154. The third-order valence-electron chi connectivity index (χ3n) is 2.91. The van der Waals surface area contributed by atoms with Crippen LogP contribution in [0.25, 0.3) is 0 Å². The summed E-state index contributed by atoms with van der Waals surface area (Å²) in [7, 11) is 1.56. The van der Waals surface area contributed by atoms with Gasteiger partial charge in [-0.3, -0.25) is 9.78 Å². The Hall–Kier alpha value is -1.20. The van der Waals surface area contributed by atoms with Crippen LogP contribution in [0.15, 0.2) is 33.3 Å². The van der Waals surface area contributed by atoms with Crippen molar-refractivity contribution in [2.75, 3.05) is 7.11 Å². The number of benzene rings is 1. The van der Waals surface area contributed by atoms with Crippen molar-refractivity contribution in [3.8, 4) is 5.75 Å². The highest BCUT2D eigenvalue weighted by molar-refractivity contribution is 9.11. The van der Waals surface area contributed by atoms with Gasteiger partial charge in [-0.1, -0.05) is 6.07 Å². The van der Waals surface area contributed by atoms with Crippen molar-refractivity contribution in [1.29, 1.82) is 0 Å². The summed E-state index contributed by atoms with van der Waals surface area (Å²) in [6.07, 6.45) is 1.61. The molecule has 0 aliphatic carbocycles. The molecule has 1 aromatic heterocycles. The number of carbonyl (C=O) groups excluding carboxylic acids is 1. The van der Waals surface area contributed by atoms with Gasteiger partial charge in [0.05, 0.1) is 12.7 Å². The van der Waals surface area contributed by atoms with Gasteiger partial charge >= 0.3 is 0 Å². The summed E-state index contributed by atoms with van der Waals surface area (Å²) in [5, 5.41) is 0. The van der Waals surface area contributed by atoms with Crippen LogP contribution in [0.5, 0.6) is 5.75 Å². The minimum Gasteiger partial charge on any atom is -0.496 e. The highest BCUT2D eigenvalue weighted by Gasteiger charge is 2.21.